The Morgan fingerprint density at radius 3 is 1.47 bits per heavy atom. The van der Waals surface area contributed by atoms with Crippen LogP contribution in [0.15, 0.2) is 209 Å². The predicted octanol–water partition coefficient (Wildman–Crippen LogP) is 14.8. The second-order valence-electron chi connectivity index (χ2n) is 15.1. The number of hydrogen-bond acceptors (Lipinski definition) is 5. The number of furan rings is 2. The number of nitrogens with zero attached hydrogens (tertiary/aromatic N) is 3. The molecule has 12 aromatic rings. The van der Waals surface area contributed by atoms with Crippen LogP contribution in [0, 0.1) is 0 Å². The molecule has 0 saturated carbocycles. The van der Waals surface area contributed by atoms with E-state index in [9.17, 15) is 0 Å². The van der Waals surface area contributed by atoms with Gasteiger partial charge in [0, 0.05) is 49.2 Å². The Morgan fingerprint density at radius 1 is 0.267 bits per heavy atom. The maximum Gasteiger partial charge on any atom is 0.164 e. The molecule has 0 unspecified atom stereocenters. The second kappa shape index (κ2) is 13.8. The van der Waals surface area contributed by atoms with Crippen molar-refractivity contribution in [2.24, 2.45) is 0 Å². The summed E-state index contributed by atoms with van der Waals surface area (Å²) in [5.74, 6) is 1.90. The molecule has 9 aromatic carbocycles. The van der Waals surface area contributed by atoms with Gasteiger partial charge in [-0.25, -0.2) is 15.0 Å². The highest BCUT2D eigenvalue weighted by atomic mass is 16.3. The molecule has 0 saturated heterocycles. The zero-order valence-electron chi connectivity index (χ0n) is 32.2. The van der Waals surface area contributed by atoms with Crippen LogP contribution in [0.25, 0.3) is 122 Å². The molecule has 0 fully saturated rings. The topological polar surface area (TPSA) is 65.0 Å². The third-order valence-electron chi connectivity index (χ3n) is 11.5. The molecule has 3 aromatic heterocycles. The van der Waals surface area contributed by atoms with E-state index >= 15 is 0 Å². The van der Waals surface area contributed by atoms with E-state index in [-0.39, 0.29) is 0 Å². The van der Waals surface area contributed by atoms with E-state index in [0.29, 0.717) is 17.5 Å². The molecule has 0 aliphatic rings. The lowest BCUT2D eigenvalue weighted by molar-refractivity contribution is 0.670. The van der Waals surface area contributed by atoms with E-state index in [1.807, 2.05) is 72.8 Å². The smallest absolute Gasteiger partial charge is 0.164 e. The van der Waals surface area contributed by atoms with Gasteiger partial charge in [0.25, 0.3) is 0 Å². The first kappa shape index (κ1) is 33.9. The Hall–Kier alpha value is -8.15. The molecule has 0 N–H and O–H groups in total. The SMILES string of the molecule is c1ccc(-c2nc(-c3ccccc3)nc(-c3cccc(-c4cccc(-c5cc6c(oc7cccc(-c8cccc9c8oc8ccccc89)c76)c6ccccc56)c4)c3)n2)cc1. The second-order valence-corrected chi connectivity index (χ2v) is 15.1. The normalized spacial score (nSPS) is 11.7. The Kier molecular flexibility index (Phi) is 7.78. The van der Waals surface area contributed by atoms with Crippen LogP contribution in [0.4, 0.5) is 0 Å². The lowest BCUT2D eigenvalue weighted by Gasteiger charge is -2.12. The highest BCUT2D eigenvalue weighted by molar-refractivity contribution is 6.23. The molecule has 0 atom stereocenters. The van der Waals surface area contributed by atoms with Crippen molar-refractivity contribution in [3.63, 3.8) is 0 Å². The lowest BCUT2D eigenvalue weighted by Crippen LogP contribution is -2.00. The summed E-state index contributed by atoms with van der Waals surface area (Å²) in [6.45, 7) is 0. The molecule has 0 bridgehead atoms. The van der Waals surface area contributed by atoms with E-state index in [2.05, 4.69) is 127 Å². The summed E-state index contributed by atoms with van der Waals surface area (Å²) in [6.07, 6.45) is 0. The molecule has 0 aliphatic heterocycles. The third-order valence-corrected chi connectivity index (χ3v) is 11.5. The quantitative estimate of drug-likeness (QED) is 0.169. The maximum atomic E-state index is 6.76. The molecule has 0 aliphatic carbocycles. The summed E-state index contributed by atoms with van der Waals surface area (Å²) in [6, 6.07) is 69.2. The van der Waals surface area contributed by atoms with Crippen LogP contribution >= 0.6 is 0 Å². The molecule has 0 amide bonds. The highest BCUT2D eigenvalue weighted by Gasteiger charge is 2.21. The fourth-order valence-electron chi connectivity index (χ4n) is 8.71. The molecule has 3 heterocycles. The number of fused-ring (bicyclic) bond motifs is 8. The van der Waals surface area contributed by atoms with E-state index in [1.54, 1.807) is 0 Å². The van der Waals surface area contributed by atoms with E-state index in [1.165, 1.54) is 0 Å². The summed E-state index contributed by atoms with van der Waals surface area (Å²) < 4.78 is 13.3. The van der Waals surface area contributed by atoms with Gasteiger partial charge in [0.1, 0.15) is 22.3 Å². The van der Waals surface area contributed by atoms with Crippen molar-refractivity contribution in [1.29, 1.82) is 0 Å². The van der Waals surface area contributed by atoms with Crippen molar-refractivity contribution in [3.8, 4) is 67.5 Å². The Balaban J connectivity index is 1.01. The first-order chi connectivity index (χ1) is 29.7. The summed E-state index contributed by atoms with van der Waals surface area (Å²) in [5, 5.41) is 6.54. The Bertz CT molecular complexity index is 3550. The van der Waals surface area contributed by atoms with E-state index in [4.69, 9.17) is 23.8 Å². The van der Waals surface area contributed by atoms with Crippen molar-refractivity contribution >= 4 is 54.6 Å². The molecule has 5 heteroatoms. The minimum Gasteiger partial charge on any atom is -0.455 e. The predicted molar refractivity (Wildman–Crippen MR) is 245 cm³/mol. The lowest BCUT2D eigenvalue weighted by atomic mass is 9.91. The van der Waals surface area contributed by atoms with Crippen LogP contribution in [-0.4, -0.2) is 15.0 Å². The number of para-hydroxylation sites is 2. The van der Waals surface area contributed by atoms with Gasteiger partial charge in [0.05, 0.1) is 0 Å². The van der Waals surface area contributed by atoms with Crippen molar-refractivity contribution in [1.82, 2.24) is 15.0 Å². The number of rotatable bonds is 6. The van der Waals surface area contributed by atoms with Gasteiger partial charge in [-0.1, -0.05) is 170 Å². The number of hydrogen-bond donors (Lipinski definition) is 0. The van der Waals surface area contributed by atoms with Crippen molar-refractivity contribution < 1.29 is 8.83 Å². The molecular weight excluding hydrogens is 735 g/mol. The number of aromatic nitrogens is 3. The monoisotopic (exact) mass is 767 g/mol. The highest BCUT2D eigenvalue weighted by Crippen LogP contribution is 2.45. The fourth-order valence-corrected chi connectivity index (χ4v) is 8.71. The molecule has 5 nitrogen and oxygen atoms in total. The summed E-state index contributed by atoms with van der Waals surface area (Å²) in [4.78, 5) is 14.9. The average Bonchev–Trinajstić information content (AvgIpc) is 3.91. The minimum absolute atomic E-state index is 0.623. The molecular formula is C55H33N3O2. The largest absolute Gasteiger partial charge is 0.455 e. The molecule has 0 spiro atoms. The Morgan fingerprint density at radius 2 is 0.733 bits per heavy atom. The van der Waals surface area contributed by atoms with Gasteiger partial charge in [0.15, 0.2) is 17.5 Å². The van der Waals surface area contributed by atoms with Crippen LogP contribution in [0.1, 0.15) is 0 Å². The fraction of sp³-hybridized carbons (Fsp3) is 0. The van der Waals surface area contributed by atoms with Crippen LogP contribution in [0.2, 0.25) is 0 Å². The summed E-state index contributed by atoms with van der Waals surface area (Å²) in [5.41, 5.74) is 12.8. The standard InChI is InChI=1S/C55H33N3O2/c1-3-15-34(16-4-1)53-56-54(35-17-5-2-6-18-35)58-55(57-53)39-22-12-20-37(32-39)36-19-11-21-38(31-36)46-33-47-50-42(26-14-30-49(50)60-52(47)43-25-8-7-23-40(43)46)45-28-13-27-44-41-24-9-10-29-48(41)59-51(44)45/h1-33H. The van der Waals surface area contributed by atoms with Gasteiger partial charge in [0.2, 0.25) is 0 Å². The van der Waals surface area contributed by atoms with Crippen LogP contribution < -0.4 is 0 Å². The van der Waals surface area contributed by atoms with Gasteiger partial charge in [-0.05, 0) is 63.5 Å². The molecule has 12 rings (SSSR count). The zero-order valence-corrected chi connectivity index (χ0v) is 32.2. The van der Waals surface area contributed by atoms with Gasteiger partial charge < -0.3 is 8.83 Å². The molecule has 280 valence electrons. The first-order valence-corrected chi connectivity index (χ1v) is 20.1. The number of benzene rings is 9. The van der Waals surface area contributed by atoms with E-state index < -0.39 is 0 Å². The third kappa shape index (κ3) is 5.59. The Labute approximate surface area is 344 Å². The van der Waals surface area contributed by atoms with Crippen molar-refractivity contribution in [2.45, 2.75) is 0 Å². The molecule has 0 radical (unpaired) electrons. The zero-order chi connectivity index (χ0) is 39.6. The average molecular weight is 768 g/mol. The van der Waals surface area contributed by atoms with Crippen molar-refractivity contribution in [3.05, 3.63) is 200 Å². The van der Waals surface area contributed by atoms with Crippen LogP contribution in [-0.2, 0) is 0 Å². The minimum atomic E-state index is 0.623. The first-order valence-electron chi connectivity index (χ1n) is 20.1. The maximum absolute atomic E-state index is 6.76. The van der Waals surface area contributed by atoms with Crippen LogP contribution in [0.3, 0.4) is 0 Å². The van der Waals surface area contributed by atoms with E-state index in [0.717, 1.165) is 105 Å². The van der Waals surface area contributed by atoms with Gasteiger partial charge in [-0.15, -0.1) is 0 Å². The van der Waals surface area contributed by atoms with Gasteiger partial charge in [-0.3, -0.25) is 0 Å². The van der Waals surface area contributed by atoms with Gasteiger partial charge in [-0.2, -0.15) is 0 Å². The summed E-state index contributed by atoms with van der Waals surface area (Å²) in [7, 11) is 0. The van der Waals surface area contributed by atoms with Crippen molar-refractivity contribution in [2.75, 3.05) is 0 Å². The van der Waals surface area contributed by atoms with Crippen LogP contribution in [0.5, 0.6) is 0 Å². The van der Waals surface area contributed by atoms with Gasteiger partial charge >= 0.3 is 0 Å². The summed E-state index contributed by atoms with van der Waals surface area (Å²) >= 11 is 0. The molecule has 60 heavy (non-hydrogen) atoms.